The van der Waals surface area contributed by atoms with Crippen LogP contribution in [0.4, 0.5) is 10.1 Å². The first-order valence-corrected chi connectivity index (χ1v) is 10.0. The third-order valence-electron chi connectivity index (χ3n) is 4.98. The number of pyridine rings is 1. The van der Waals surface area contributed by atoms with Crippen molar-refractivity contribution in [2.75, 3.05) is 5.32 Å². The quantitative estimate of drug-likeness (QED) is 0.430. The van der Waals surface area contributed by atoms with Gasteiger partial charge in [-0.3, -0.25) is 4.68 Å². The van der Waals surface area contributed by atoms with Crippen LogP contribution in [0.15, 0.2) is 61.2 Å². The zero-order valence-electron chi connectivity index (χ0n) is 17.1. The van der Waals surface area contributed by atoms with Crippen molar-refractivity contribution in [2.24, 2.45) is 0 Å². The minimum atomic E-state index is -0.286. The Balaban J connectivity index is 1.53. The number of halogens is 1. The molecule has 0 spiro atoms. The molecule has 0 fully saturated rings. The maximum Gasteiger partial charge on any atom is 0.155 e. The SMILES string of the molecule is CC(C)n1ccc(-c2nc(CNc3cccc(F)c3)[nH]c2-c2ccc3ncnn3c2)n1. The van der Waals surface area contributed by atoms with E-state index in [2.05, 4.69) is 34.2 Å². The molecular weight excluding hydrogens is 395 g/mol. The molecule has 156 valence electrons. The normalized spacial score (nSPS) is 11.5. The molecule has 4 aromatic heterocycles. The molecule has 0 saturated carbocycles. The van der Waals surface area contributed by atoms with Gasteiger partial charge in [-0.15, -0.1) is 0 Å². The van der Waals surface area contributed by atoms with Gasteiger partial charge in [0.2, 0.25) is 0 Å². The Labute approximate surface area is 177 Å². The highest BCUT2D eigenvalue weighted by molar-refractivity contribution is 5.76. The summed E-state index contributed by atoms with van der Waals surface area (Å²) in [7, 11) is 0. The van der Waals surface area contributed by atoms with Crippen molar-refractivity contribution in [3.63, 3.8) is 0 Å². The molecular formula is C22H21FN8. The van der Waals surface area contributed by atoms with Gasteiger partial charge in [-0.25, -0.2) is 18.9 Å². The Hall–Kier alpha value is -4.01. The lowest BCUT2D eigenvalue weighted by Gasteiger charge is -2.04. The van der Waals surface area contributed by atoms with Crippen LogP contribution in [0.1, 0.15) is 25.7 Å². The molecule has 0 unspecified atom stereocenters. The van der Waals surface area contributed by atoms with Crippen LogP contribution in [0.3, 0.4) is 0 Å². The molecule has 8 nitrogen and oxygen atoms in total. The molecule has 9 heteroatoms. The molecule has 0 amide bonds. The molecule has 0 bridgehead atoms. The molecule has 0 saturated heterocycles. The topological polar surface area (TPSA) is 88.7 Å². The second-order valence-corrected chi connectivity index (χ2v) is 7.53. The molecule has 5 aromatic rings. The predicted octanol–water partition coefficient (Wildman–Crippen LogP) is 4.32. The third-order valence-corrected chi connectivity index (χ3v) is 4.98. The van der Waals surface area contributed by atoms with Gasteiger partial charge in [-0.05, 0) is 50.2 Å². The van der Waals surface area contributed by atoms with Crippen LogP contribution in [-0.2, 0) is 6.54 Å². The number of imidazole rings is 1. The van der Waals surface area contributed by atoms with Crippen molar-refractivity contribution >= 4 is 11.3 Å². The molecule has 0 radical (unpaired) electrons. The minimum absolute atomic E-state index is 0.247. The number of nitrogens with one attached hydrogen (secondary N) is 2. The summed E-state index contributed by atoms with van der Waals surface area (Å²) in [5, 5.41) is 12.1. The van der Waals surface area contributed by atoms with E-state index in [4.69, 9.17) is 10.1 Å². The van der Waals surface area contributed by atoms with E-state index in [0.717, 1.165) is 28.3 Å². The molecule has 2 N–H and O–H groups in total. The van der Waals surface area contributed by atoms with E-state index in [-0.39, 0.29) is 11.9 Å². The Morgan fingerprint density at radius 1 is 1.16 bits per heavy atom. The highest BCUT2D eigenvalue weighted by Gasteiger charge is 2.18. The number of aromatic nitrogens is 7. The second-order valence-electron chi connectivity index (χ2n) is 7.53. The molecule has 0 aliphatic rings. The Morgan fingerprint density at radius 2 is 2.06 bits per heavy atom. The van der Waals surface area contributed by atoms with Crippen molar-refractivity contribution in [2.45, 2.75) is 26.4 Å². The highest BCUT2D eigenvalue weighted by Crippen LogP contribution is 2.30. The van der Waals surface area contributed by atoms with Gasteiger partial charge in [0.05, 0.1) is 12.2 Å². The first-order chi connectivity index (χ1) is 15.1. The van der Waals surface area contributed by atoms with Crippen LogP contribution in [-0.4, -0.2) is 34.3 Å². The number of hydrogen-bond acceptors (Lipinski definition) is 5. The fraction of sp³-hybridized carbons (Fsp3) is 0.182. The molecule has 0 aliphatic carbocycles. The Bertz CT molecular complexity index is 1350. The number of fused-ring (bicyclic) bond motifs is 1. The summed E-state index contributed by atoms with van der Waals surface area (Å²) >= 11 is 0. The standard InChI is InChI=1S/C22H21FN8/c1-14(2)30-9-8-18(29-30)22-21(15-6-7-20-25-13-26-31(20)12-15)27-19(28-22)11-24-17-5-3-4-16(23)10-17/h3-10,12-14,24H,11H2,1-2H3,(H,27,28). The number of benzene rings is 1. The predicted molar refractivity (Wildman–Crippen MR) is 116 cm³/mol. The average Bonchev–Trinajstić information content (AvgIpc) is 3.50. The number of aromatic amines is 1. The van der Waals surface area contributed by atoms with Crippen LogP contribution < -0.4 is 5.32 Å². The molecule has 31 heavy (non-hydrogen) atoms. The van der Waals surface area contributed by atoms with Gasteiger partial charge in [-0.2, -0.15) is 10.2 Å². The van der Waals surface area contributed by atoms with Gasteiger partial charge in [-0.1, -0.05) is 6.07 Å². The maximum atomic E-state index is 13.5. The van der Waals surface area contributed by atoms with Gasteiger partial charge >= 0.3 is 0 Å². The second kappa shape index (κ2) is 7.67. The fourth-order valence-corrected chi connectivity index (χ4v) is 3.40. The number of anilines is 1. The zero-order valence-corrected chi connectivity index (χ0v) is 17.1. The first kappa shape index (κ1) is 19.0. The van der Waals surface area contributed by atoms with E-state index in [1.165, 1.54) is 18.5 Å². The third kappa shape index (κ3) is 3.77. The van der Waals surface area contributed by atoms with Crippen molar-refractivity contribution in [3.8, 4) is 22.6 Å². The molecule has 0 aliphatic heterocycles. The molecule has 0 atom stereocenters. The van der Waals surface area contributed by atoms with Crippen LogP contribution >= 0.6 is 0 Å². The first-order valence-electron chi connectivity index (χ1n) is 10.0. The van der Waals surface area contributed by atoms with E-state index in [1.807, 2.05) is 41.3 Å². The smallest absolute Gasteiger partial charge is 0.155 e. The number of rotatable bonds is 6. The van der Waals surface area contributed by atoms with E-state index >= 15 is 0 Å². The number of nitrogens with zero attached hydrogens (tertiary/aromatic N) is 6. The lowest BCUT2D eigenvalue weighted by atomic mass is 10.1. The molecule has 4 heterocycles. The average molecular weight is 416 g/mol. The fourth-order valence-electron chi connectivity index (χ4n) is 3.40. The summed E-state index contributed by atoms with van der Waals surface area (Å²) in [5.74, 6) is 0.429. The van der Waals surface area contributed by atoms with Crippen molar-refractivity contribution in [1.29, 1.82) is 0 Å². The van der Waals surface area contributed by atoms with Gasteiger partial charge in [0.25, 0.3) is 0 Å². The number of H-pyrrole nitrogens is 1. The highest BCUT2D eigenvalue weighted by atomic mass is 19.1. The van der Waals surface area contributed by atoms with Gasteiger partial charge < -0.3 is 10.3 Å². The summed E-state index contributed by atoms with van der Waals surface area (Å²) in [6, 6.07) is 12.4. The van der Waals surface area contributed by atoms with Crippen LogP contribution in [0, 0.1) is 5.82 Å². The van der Waals surface area contributed by atoms with Crippen LogP contribution in [0.25, 0.3) is 28.3 Å². The largest absolute Gasteiger partial charge is 0.378 e. The van der Waals surface area contributed by atoms with Crippen molar-refractivity contribution in [1.82, 2.24) is 34.3 Å². The lowest BCUT2D eigenvalue weighted by molar-refractivity contribution is 0.534. The summed E-state index contributed by atoms with van der Waals surface area (Å²) in [4.78, 5) is 12.4. The summed E-state index contributed by atoms with van der Waals surface area (Å²) in [5.41, 5.74) is 4.72. The van der Waals surface area contributed by atoms with Gasteiger partial charge in [0, 0.05) is 29.7 Å². The molecule has 5 rings (SSSR count). The van der Waals surface area contributed by atoms with E-state index < -0.39 is 0 Å². The van der Waals surface area contributed by atoms with Crippen molar-refractivity contribution in [3.05, 3.63) is 72.8 Å². The van der Waals surface area contributed by atoms with Crippen LogP contribution in [0.5, 0.6) is 0 Å². The summed E-state index contributed by atoms with van der Waals surface area (Å²) in [6.07, 6.45) is 5.37. The summed E-state index contributed by atoms with van der Waals surface area (Å²) in [6.45, 7) is 4.57. The molecule has 1 aromatic carbocycles. The number of hydrogen-bond donors (Lipinski definition) is 2. The Kier molecular flexibility index (Phi) is 4.70. The summed E-state index contributed by atoms with van der Waals surface area (Å²) < 4.78 is 17.1. The van der Waals surface area contributed by atoms with E-state index in [9.17, 15) is 4.39 Å². The zero-order chi connectivity index (χ0) is 21.4. The lowest BCUT2D eigenvalue weighted by Crippen LogP contribution is -2.02. The van der Waals surface area contributed by atoms with Crippen LogP contribution in [0.2, 0.25) is 0 Å². The van der Waals surface area contributed by atoms with E-state index in [1.54, 1.807) is 10.6 Å². The van der Waals surface area contributed by atoms with Crippen molar-refractivity contribution < 1.29 is 4.39 Å². The minimum Gasteiger partial charge on any atom is -0.378 e. The monoisotopic (exact) mass is 416 g/mol. The van der Waals surface area contributed by atoms with Gasteiger partial charge in [0.15, 0.2) is 5.65 Å². The maximum absolute atomic E-state index is 13.5. The Morgan fingerprint density at radius 3 is 2.87 bits per heavy atom. The van der Waals surface area contributed by atoms with Gasteiger partial charge in [0.1, 0.15) is 29.4 Å². The van der Waals surface area contributed by atoms with E-state index in [0.29, 0.717) is 18.1 Å².